The number of carbonyl (C=O) groups is 1. The van der Waals surface area contributed by atoms with Crippen LogP contribution in [0.4, 0.5) is 5.69 Å². The molecule has 9 nitrogen and oxygen atoms in total. The molecule has 0 radical (unpaired) electrons. The molecule has 198 valence electrons. The minimum Gasteiger partial charge on any atom is -0.497 e. The Kier molecular flexibility index (Phi) is 6.81. The number of benzene rings is 2. The summed E-state index contributed by atoms with van der Waals surface area (Å²) >= 11 is 7.49. The smallest absolute Gasteiger partial charge is 0.337 e. The standard InChI is InChI=1S/C27H26ClN3O6S/c1-27(2)12-18-21(14-37-27)38-25-23(18)24(33)31(16-7-5-6-15(28)10-16)26(34)30(25)13-22(32)29-19-9-8-17(35-3)11-20(19)36-4/h5-11H,12-14H2,1-4H3,(H,29,32). The molecule has 0 saturated heterocycles. The molecule has 11 heteroatoms. The van der Waals surface area contributed by atoms with Crippen LogP contribution >= 0.6 is 22.9 Å². The summed E-state index contributed by atoms with van der Waals surface area (Å²) in [5, 5.41) is 3.60. The summed E-state index contributed by atoms with van der Waals surface area (Å²) in [5.41, 5.74) is 0.0276. The lowest BCUT2D eigenvalue weighted by Crippen LogP contribution is -2.41. The highest BCUT2D eigenvalue weighted by atomic mass is 35.5. The molecule has 0 fully saturated rings. The summed E-state index contributed by atoms with van der Waals surface area (Å²) in [6, 6.07) is 11.5. The summed E-state index contributed by atoms with van der Waals surface area (Å²) in [6.07, 6.45) is 0.501. The molecular formula is C27H26ClN3O6S. The fourth-order valence-electron chi connectivity index (χ4n) is 4.57. The fourth-order valence-corrected chi connectivity index (χ4v) is 5.97. The minimum atomic E-state index is -0.639. The number of rotatable bonds is 6. The number of nitrogens with zero attached hydrogens (tertiary/aromatic N) is 2. The van der Waals surface area contributed by atoms with Gasteiger partial charge in [0.15, 0.2) is 0 Å². The van der Waals surface area contributed by atoms with E-state index >= 15 is 0 Å². The molecule has 1 aliphatic heterocycles. The second-order valence-corrected chi connectivity index (χ2v) is 11.0. The van der Waals surface area contributed by atoms with E-state index in [2.05, 4.69) is 5.32 Å². The Hall–Kier alpha value is -3.60. The molecule has 0 unspecified atom stereocenters. The maximum Gasteiger partial charge on any atom is 0.337 e. The molecule has 38 heavy (non-hydrogen) atoms. The monoisotopic (exact) mass is 555 g/mol. The Labute approximate surface area is 227 Å². The van der Waals surface area contributed by atoms with Gasteiger partial charge in [0.25, 0.3) is 5.56 Å². The number of amides is 1. The summed E-state index contributed by atoms with van der Waals surface area (Å²) in [7, 11) is 3.02. The van der Waals surface area contributed by atoms with E-state index in [-0.39, 0.29) is 6.54 Å². The summed E-state index contributed by atoms with van der Waals surface area (Å²) in [6.45, 7) is 3.91. The number of fused-ring (bicyclic) bond motifs is 3. The Balaban J connectivity index is 1.66. The average molecular weight is 556 g/mol. The topological polar surface area (TPSA) is 101 Å². The molecule has 0 spiro atoms. The molecule has 1 aliphatic rings. The zero-order chi connectivity index (χ0) is 27.2. The van der Waals surface area contributed by atoms with E-state index < -0.39 is 22.8 Å². The first kappa shape index (κ1) is 26.0. The van der Waals surface area contributed by atoms with E-state index in [4.69, 9.17) is 25.8 Å². The van der Waals surface area contributed by atoms with Crippen LogP contribution in [-0.4, -0.2) is 34.9 Å². The lowest BCUT2D eigenvalue weighted by atomic mass is 9.94. The molecule has 3 heterocycles. The van der Waals surface area contributed by atoms with Crippen LogP contribution in [-0.2, 0) is 29.1 Å². The lowest BCUT2D eigenvalue weighted by Gasteiger charge is -2.29. The van der Waals surface area contributed by atoms with Crippen molar-refractivity contribution in [3.8, 4) is 17.2 Å². The van der Waals surface area contributed by atoms with Crippen molar-refractivity contribution < 1.29 is 19.0 Å². The second-order valence-electron chi connectivity index (χ2n) is 9.51. The van der Waals surface area contributed by atoms with Crippen LogP contribution in [0.15, 0.2) is 52.1 Å². The molecule has 1 amide bonds. The van der Waals surface area contributed by atoms with Crippen LogP contribution in [0.1, 0.15) is 24.3 Å². The van der Waals surface area contributed by atoms with Crippen LogP contribution in [0.2, 0.25) is 5.02 Å². The molecule has 0 saturated carbocycles. The van der Waals surface area contributed by atoms with Gasteiger partial charge >= 0.3 is 5.69 Å². The highest BCUT2D eigenvalue weighted by Crippen LogP contribution is 2.37. The molecule has 2 aromatic carbocycles. The number of thiophene rings is 1. The van der Waals surface area contributed by atoms with Gasteiger partial charge in [0, 0.05) is 22.4 Å². The molecule has 1 N–H and O–H groups in total. The predicted molar refractivity (Wildman–Crippen MR) is 147 cm³/mol. The van der Waals surface area contributed by atoms with Gasteiger partial charge < -0.3 is 19.5 Å². The normalized spacial score (nSPS) is 14.2. The van der Waals surface area contributed by atoms with Crippen LogP contribution in [0.25, 0.3) is 15.9 Å². The minimum absolute atomic E-state index is 0.321. The third-order valence-electron chi connectivity index (χ3n) is 6.40. The number of halogens is 1. The van der Waals surface area contributed by atoms with Gasteiger partial charge in [0.1, 0.15) is 22.9 Å². The van der Waals surface area contributed by atoms with Gasteiger partial charge in [-0.05, 0) is 49.7 Å². The zero-order valence-corrected chi connectivity index (χ0v) is 22.9. The van der Waals surface area contributed by atoms with E-state index in [9.17, 15) is 14.4 Å². The maximum absolute atomic E-state index is 13.8. The Bertz CT molecular complexity index is 1690. The molecule has 0 aliphatic carbocycles. The number of methoxy groups -OCH3 is 2. The van der Waals surface area contributed by atoms with Gasteiger partial charge in [-0.25, -0.2) is 9.36 Å². The SMILES string of the molecule is COc1ccc(NC(=O)Cn2c(=O)n(-c3cccc(Cl)c3)c(=O)c3c4c(sc32)COC(C)(C)C4)c(OC)c1. The average Bonchev–Trinajstić information content (AvgIpc) is 3.24. The van der Waals surface area contributed by atoms with E-state index in [0.717, 1.165) is 15.0 Å². The fraction of sp³-hybridized carbons (Fsp3) is 0.296. The first-order valence-corrected chi connectivity index (χ1v) is 13.0. The first-order chi connectivity index (χ1) is 18.1. The quantitative estimate of drug-likeness (QED) is 0.379. The Morgan fingerprint density at radius 1 is 1.16 bits per heavy atom. The number of nitrogens with one attached hydrogen (secondary N) is 1. The third kappa shape index (κ3) is 4.70. The van der Waals surface area contributed by atoms with Gasteiger partial charge in [-0.15, -0.1) is 11.3 Å². The zero-order valence-electron chi connectivity index (χ0n) is 21.3. The highest BCUT2D eigenvalue weighted by Gasteiger charge is 2.32. The third-order valence-corrected chi connectivity index (χ3v) is 7.87. The van der Waals surface area contributed by atoms with Crippen molar-refractivity contribution in [3.63, 3.8) is 0 Å². The molecule has 2 aromatic heterocycles. The Morgan fingerprint density at radius 3 is 2.66 bits per heavy atom. The van der Waals surface area contributed by atoms with Gasteiger partial charge in [0.05, 0.1) is 43.2 Å². The summed E-state index contributed by atoms with van der Waals surface area (Å²) in [5.74, 6) is 0.516. The van der Waals surface area contributed by atoms with Crippen molar-refractivity contribution in [1.82, 2.24) is 9.13 Å². The van der Waals surface area contributed by atoms with Crippen molar-refractivity contribution in [2.24, 2.45) is 0 Å². The van der Waals surface area contributed by atoms with Crippen LogP contribution in [0.5, 0.6) is 11.5 Å². The van der Waals surface area contributed by atoms with E-state index in [1.807, 2.05) is 13.8 Å². The van der Waals surface area contributed by atoms with E-state index in [0.29, 0.717) is 51.1 Å². The van der Waals surface area contributed by atoms with Gasteiger partial charge in [-0.1, -0.05) is 17.7 Å². The number of hydrogen-bond acceptors (Lipinski definition) is 7. The van der Waals surface area contributed by atoms with Crippen molar-refractivity contribution in [2.75, 3.05) is 19.5 Å². The summed E-state index contributed by atoms with van der Waals surface area (Å²) < 4.78 is 19.0. The number of ether oxygens (including phenoxy) is 3. The first-order valence-electron chi connectivity index (χ1n) is 11.8. The molecule has 5 rings (SSSR count). The van der Waals surface area contributed by atoms with Gasteiger partial charge in [-0.2, -0.15) is 0 Å². The molecular weight excluding hydrogens is 530 g/mol. The largest absolute Gasteiger partial charge is 0.497 e. The number of aromatic nitrogens is 2. The molecule has 4 aromatic rings. The van der Waals surface area contributed by atoms with Crippen molar-refractivity contribution in [2.45, 2.75) is 39.0 Å². The highest BCUT2D eigenvalue weighted by molar-refractivity contribution is 7.18. The maximum atomic E-state index is 13.8. The van der Waals surface area contributed by atoms with Crippen molar-refractivity contribution in [1.29, 1.82) is 0 Å². The second kappa shape index (κ2) is 9.94. The number of anilines is 1. The summed E-state index contributed by atoms with van der Waals surface area (Å²) in [4.78, 5) is 42.2. The predicted octanol–water partition coefficient (Wildman–Crippen LogP) is 4.37. The van der Waals surface area contributed by atoms with Gasteiger partial charge in [-0.3, -0.25) is 14.2 Å². The van der Waals surface area contributed by atoms with Crippen molar-refractivity contribution >= 4 is 44.7 Å². The van der Waals surface area contributed by atoms with Crippen LogP contribution in [0, 0.1) is 0 Å². The molecule has 0 atom stereocenters. The molecule has 0 bridgehead atoms. The van der Waals surface area contributed by atoms with E-state index in [1.165, 1.54) is 30.1 Å². The van der Waals surface area contributed by atoms with Crippen molar-refractivity contribution in [3.05, 3.63) is 78.8 Å². The Morgan fingerprint density at radius 2 is 1.95 bits per heavy atom. The lowest BCUT2D eigenvalue weighted by molar-refractivity contribution is -0.116. The van der Waals surface area contributed by atoms with E-state index in [1.54, 1.807) is 42.5 Å². The number of carbonyl (C=O) groups excluding carboxylic acids is 1. The number of hydrogen-bond donors (Lipinski definition) is 1. The van der Waals surface area contributed by atoms with Crippen LogP contribution < -0.4 is 26.0 Å². The van der Waals surface area contributed by atoms with Gasteiger partial charge in [0.2, 0.25) is 5.91 Å². The van der Waals surface area contributed by atoms with Crippen LogP contribution in [0.3, 0.4) is 0 Å².